The van der Waals surface area contributed by atoms with Crippen molar-refractivity contribution >= 4 is 5.91 Å². The summed E-state index contributed by atoms with van der Waals surface area (Å²) >= 11 is 0. The van der Waals surface area contributed by atoms with Crippen LogP contribution in [0.5, 0.6) is 0 Å². The molecule has 0 aliphatic rings. The number of amides is 1. The van der Waals surface area contributed by atoms with Gasteiger partial charge in [-0.15, -0.1) is 0 Å². The van der Waals surface area contributed by atoms with Gasteiger partial charge in [-0.05, 0) is 20.8 Å². The van der Waals surface area contributed by atoms with Gasteiger partial charge in [-0.2, -0.15) is 0 Å². The summed E-state index contributed by atoms with van der Waals surface area (Å²) in [6, 6.07) is 0. The van der Waals surface area contributed by atoms with Gasteiger partial charge in [-0.25, -0.2) is 0 Å². The molecular weight excluding hydrogens is 170 g/mol. The van der Waals surface area contributed by atoms with Gasteiger partial charge >= 0.3 is 0 Å². The van der Waals surface area contributed by atoms with Crippen LogP contribution in [-0.4, -0.2) is 43.9 Å². The van der Waals surface area contributed by atoms with Gasteiger partial charge in [0.25, 0.3) is 5.91 Å². The van der Waals surface area contributed by atoms with E-state index < -0.39 is 6.10 Å². The number of rotatable bonds is 5. The highest BCUT2D eigenvalue weighted by Crippen LogP contribution is 2.01. The third-order valence-corrected chi connectivity index (χ3v) is 1.59. The lowest BCUT2D eigenvalue weighted by molar-refractivity contribution is -0.173. The third-order valence-electron chi connectivity index (χ3n) is 1.59. The molecule has 2 atom stereocenters. The molecule has 2 unspecified atom stereocenters. The molecule has 0 heterocycles. The Morgan fingerprint density at radius 3 is 2.31 bits per heavy atom. The van der Waals surface area contributed by atoms with Gasteiger partial charge in [0.2, 0.25) is 0 Å². The largest absolute Gasteiger partial charge is 0.353 e. The van der Waals surface area contributed by atoms with Gasteiger partial charge in [-0.1, -0.05) is 0 Å². The summed E-state index contributed by atoms with van der Waals surface area (Å²) in [5.74, 6) is -0.0495. The minimum absolute atomic E-state index is 0.0495. The highest BCUT2D eigenvalue weighted by molar-refractivity contribution is 5.79. The van der Waals surface area contributed by atoms with E-state index in [1.165, 1.54) is 4.90 Å². The van der Waals surface area contributed by atoms with Crippen LogP contribution in [-0.2, 0) is 14.3 Å². The van der Waals surface area contributed by atoms with Crippen molar-refractivity contribution in [3.05, 3.63) is 0 Å². The summed E-state index contributed by atoms with van der Waals surface area (Å²) < 4.78 is 10.4. The van der Waals surface area contributed by atoms with Crippen molar-refractivity contribution in [1.29, 1.82) is 0 Å². The Bertz CT molecular complexity index is 159. The lowest BCUT2D eigenvalue weighted by Gasteiger charge is -2.21. The molecule has 0 aliphatic carbocycles. The van der Waals surface area contributed by atoms with Crippen molar-refractivity contribution in [2.24, 2.45) is 0 Å². The summed E-state index contributed by atoms with van der Waals surface area (Å²) in [6.45, 7) is 5.98. The number of hydrogen-bond acceptors (Lipinski definition) is 3. The lowest BCUT2D eigenvalue weighted by atomic mass is 10.3. The second-order valence-electron chi connectivity index (χ2n) is 3.03. The van der Waals surface area contributed by atoms with Gasteiger partial charge in [0.15, 0.2) is 6.29 Å². The first-order valence-corrected chi connectivity index (χ1v) is 4.47. The summed E-state index contributed by atoms with van der Waals surface area (Å²) in [4.78, 5) is 12.8. The number of ether oxygens (including phenoxy) is 2. The van der Waals surface area contributed by atoms with Crippen LogP contribution in [0.1, 0.15) is 20.8 Å². The van der Waals surface area contributed by atoms with Crippen LogP contribution in [0.4, 0.5) is 0 Å². The maximum atomic E-state index is 11.3. The van der Waals surface area contributed by atoms with Crippen LogP contribution in [0.2, 0.25) is 0 Å². The van der Waals surface area contributed by atoms with Gasteiger partial charge in [0.1, 0.15) is 6.10 Å². The fourth-order valence-corrected chi connectivity index (χ4v) is 0.983. The topological polar surface area (TPSA) is 38.8 Å². The van der Waals surface area contributed by atoms with E-state index in [2.05, 4.69) is 0 Å². The summed E-state index contributed by atoms with van der Waals surface area (Å²) in [6.07, 6.45) is -0.777. The molecule has 0 saturated carbocycles. The highest BCUT2D eigenvalue weighted by Gasteiger charge is 2.17. The van der Waals surface area contributed by atoms with Gasteiger partial charge in [0.05, 0.1) is 0 Å². The minimum Gasteiger partial charge on any atom is -0.353 e. The van der Waals surface area contributed by atoms with E-state index >= 15 is 0 Å². The van der Waals surface area contributed by atoms with E-state index in [1.54, 1.807) is 27.9 Å². The zero-order valence-corrected chi connectivity index (χ0v) is 9.03. The molecule has 4 heteroatoms. The van der Waals surface area contributed by atoms with Crippen molar-refractivity contribution in [1.82, 2.24) is 4.90 Å². The molecule has 1 amide bonds. The third kappa shape index (κ3) is 4.85. The van der Waals surface area contributed by atoms with Crippen LogP contribution in [0.3, 0.4) is 0 Å². The molecule has 0 aliphatic heterocycles. The molecule has 0 spiro atoms. The van der Waals surface area contributed by atoms with Crippen molar-refractivity contribution in [3.8, 4) is 0 Å². The van der Waals surface area contributed by atoms with Crippen LogP contribution in [0.15, 0.2) is 0 Å². The Hall–Kier alpha value is -0.610. The van der Waals surface area contributed by atoms with E-state index in [9.17, 15) is 4.79 Å². The normalized spacial score (nSPS) is 15.2. The maximum Gasteiger partial charge on any atom is 0.251 e. The molecule has 0 fully saturated rings. The van der Waals surface area contributed by atoms with Crippen LogP contribution in [0.25, 0.3) is 0 Å². The molecule has 13 heavy (non-hydrogen) atoms. The number of likely N-dealkylation sites (N-methyl/N-ethyl adjacent to an activating group) is 1. The van der Waals surface area contributed by atoms with E-state index in [1.807, 2.05) is 6.92 Å². The number of carbonyl (C=O) groups excluding carboxylic acids is 1. The van der Waals surface area contributed by atoms with E-state index in [0.717, 1.165) is 0 Å². The quantitative estimate of drug-likeness (QED) is 0.602. The molecular formula is C9H19NO3. The maximum absolute atomic E-state index is 11.3. The summed E-state index contributed by atoms with van der Waals surface area (Å²) in [5.41, 5.74) is 0. The predicted molar refractivity (Wildman–Crippen MR) is 50.3 cm³/mol. The Balaban J connectivity index is 3.85. The predicted octanol–water partition coefficient (Wildman–Crippen LogP) is 0.862. The van der Waals surface area contributed by atoms with Gasteiger partial charge < -0.3 is 14.4 Å². The second-order valence-corrected chi connectivity index (χ2v) is 3.03. The first-order chi connectivity index (χ1) is 5.99. The van der Waals surface area contributed by atoms with Gasteiger partial charge in [0, 0.05) is 20.7 Å². The standard InChI is InChI=1S/C9H19NO3/c1-6-12-8(3)13-7(2)9(11)10(4)5/h7-8H,6H2,1-5H3. The summed E-state index contributed by atoms with van der Waals surface area (Å²) in [5, 5.41) is 0. The lowest BCUT2D eigenvalue weighted by Crippen LogP contribution is -2.36. The molecule has 0 aromatic heterocycles. The fourth-order valence-electron chi connectivity index (χ4n) is 0.983. The zero-order chi connectivity index (χ0) is 10.4. The first kappa shape index (κ1) is 12.4. The average Bonchev–Trinajstić information content (AvgIpc) is 2.03. The Kier molecular flexibility index (Phi) is 5.66. The number of nitrogens with zero attached hydrogens (tertiary/aromatic N) is 1. The molecule has 78 valence electrons. The molecule has 0 rings (SSSR count). The molecule has 0 radical (unpaired) electrons. The van der Waals surface area contributed by atoms with Crippen molar-refractivity contribution in [2.45, 2.75) is 33.2 Å². The van der Waals surface area contributed by atoms with E-state index in [-0.39, 0.29) is 12.2 Å². The van der Waals surface area contributed by atoms with Crippen LogP contribution < -0.4 is 0 Å². The first-order valence-electron chi connectivity index (χ1n) is 4.47. The smallest absolute Gasteiger partial charge is 0.251 e. The second kappa shape index (κ2) is 5.94. The van der Waals surface area contributed by atoms with Crippen molar-refractivity contribution in [3.63, 3.8) is 0 Å². The molecule has 0 aromatic carbocycles. The zero-order valence-electron chi connectivity index (χ0n) is 9.03. The average molecular weight is 189 g/mol. The number of carbonyl (C=O) groups is 1. The molecule has 4 nitrogen and oxygen atoms in total. The Morgan fingerprint density at radius 1 is 1.38 bits per heavy atom. The Morgan fingerprint density at radius 2 is 1.92 bits per heavy atom. The molecule has 0 saturated heterocycles. The van der Waals surface area contributed by atoms with Crippen molar-refractivity contribution in [2.75, 3.05) is 20.7 Å². The summed E-state index contributed by atoms with van der Waals surface area (Å²) in [7, 11) is 3.40. The number of hydrogen-bond donors (Lipinski definition) is 0. The fraction of sp³-hybridized carbons (Fsp3) is 0.889. The SMILES string of the molecule is CCOC(C)OC(C)C(=O)N(C)C. The van der Waals surface area contributed by atoms with Gasteiger partial charge in [-0.3, -0.25) is 4.79 Å². The van der Waals surface area contributed by atoms with Crippen LogP contribution in [0, 0.1) is 0 Å². The highest BCUT2D eigenvalue weighted by atomic mass is 16.7. The Labute approximate surface area is 79.8 Å². The van der Waals surface area contributed by atoms with Crippen LogP contribution >= 0.6 is 0 Å². The molecule has 0 N–H and O–H groups in total. The molecule has 0 aromatic rings. The van der Waals surface area contributed by atoms with E-state index in [0.29, 0.717) is 6.61 Å². The molecule has 0 bridgehead atoms. The van der Waals surface area contributed by atoms with E-state index in [4.69, 9.17) is 9.47 Å². The minimum atomic E-state index is -0.448. The van der Waals surface area contributed by atoms with Crippen molar-refractivity contribution < 1.29 is 14.3 Å². The monoisotopic (exact) mass is 189 g/mol.